The maximum Gasteiger partial charge on any atom is 0.129 e. The van der Waals surface area contributed by atoms with Crippen LogP contribution in [0.5, 0.6) is 0 Å². The van der Waals surface area contributed by atoms with Crippen LogP contribution in [0, 0.1) is 11.3 Å². The molecule has 2 rings (SSSR count). The first-order valence-corrected chi connectivity index (χ1v) is 6.39. The minimum Gasteiger partial charge on any atom is -0.197 e. The van der Waals surface area contributed by atoms with E-state index < -0.39 is 5.92 Å². The van der Waals surface area contributed by atoms with Gasteiger partial charge in [-0.05, 0) is 18.6 Å². The molecule has 18 heavy (non-hydrogen) atoms. The zero-order valence-electron chi connectivity index (χ0n) is 9.20. The third-order valence-corrected chi connectivity index (χ3v) is 3.55. The van der Waals surface area contributed by atoms with Crippen molar-refractivity contribution in [2.45, 2.75) is 18.8 Å². The first-order valence-electron chi connectivity index (χ1n) is 5.25. The molecule has 1 atom stereocenters. The van der Waals surface area contributed by atoms with E-state index in [1.54, 1.807) is 18.2 Å². The van der Waals surface area contributed by atoms with Crippen molar-refractivity contribution in [2.75, 3.05) is 0 Å². The summed E-state index contributed by atoms with van der Waals surface area (Å²) in [7, 11) is 0. The second-order valence-corrected chi connectivity index (χ2v) is 5.02. The van der Waals surface area contributed by atoms with E-state index in [4.69, 9.17) is 34.8 Å². The third-order valence-electron chi connectivity index (χ3n) is 2.63. The van der Waals surface area contributed by atoms with Crippen molar-refractivity contribution in [3.8, 4) is 6.07 Å². The molecule has 1 unspecified atom stereocenters. The number of hydrogen-bond acceptors (Lipinski definition) is 3. The summed E-state index contributed by atoms with van der Waals surface area (Å²) < 4.78 is 0. The maximum absolute atomic E-state index is 9.32. The molecule has 92 valence electrons. The predicted octanol–water partition coefficient (Wildman–Crippen LogP) is 4.39. The Kier molecular flexibility index (Phi) is 4.23. The maximum atomic E-state index is 9.32. The van der Waals surface area contributed by atoms with E-state index in [2.05, 4.69) is 16.3 Å². The molecular weight excluding hydrogens is 293 g/mol. The van der Waals surface area contributed by atoms with Crippen LogP contribution in [0.15, 0.2) is 28.4 Å². The quantitative estimate of drug-likeness (QED) is 0.799. The minimum absolute atomic E-state index is 0.445. The Bertz CT molecular complexity index is 552. The highest BCUT2D eigenvalue weighted by Gasteiger charge is 2.25. The minimum atomic E-state index is -0.584. The number of rotatable bonds is 2. The summed E-state index contributed by atoms with van der Waals surface area (Å²) >= 11 is 17.9. The highest BCUT2D eigenvalue weighted by Crippen LogP contribution is 2.33. The van der Waals surface area contributed by atoms with E-state index in [1.807, 2.05) is 0 Å². The summed E-state index contributed by atoms with van der Waals surface area (Å²) in [6.45, 7) is 0. The van der Waals surface area contributed by atoms with Crippen molar-refractivity contribution in [3.05, 3.63) is 33.8 Å². The van der Waals surface area contributed by atoms with Gasteiger partial charge in [0, 0.05) is 22.0 Å². The van der Waals surface area contributed by atoms with Crippen molar-refractivity contribution in [1.29, 1.82) is 5.26 Å². The van der Waals surface area contributed by atoms with Gasteiger partial charge in [0.05, 0.1) is 11.8 Å². The van der Waals surface area contributed by atoms with Crippen molar-refractivity contribution in [3.63, 3.8) is 0 Å². The van der Waals surface area contributed by atoms with Crippen LogP contribution >= 0.6 is 34.8 Å². The van der Waals surface area contributed by atoms with Gasteiger partial charge in [0.15, 0.2) is 0 Å². The van der Waals surface area contributed by atoms with E-state index in [9.17, 15) is 5.26 Å². The van der Waals surface area contributed by atoms with Crippen molar-refractivity contribution >= 4 is 45.7 Å². The molecule has 0 bridgehead atoms. The first-order chi connectivity index (χ1) is 8.63. The standard InChI is InChI=1S/C12H8Cl3N3/c13-8-2-1-3-9(14)12(8)7(6-16)10-4-5-11(15)18-17-10/h1-3,7H,4-5H2. The molecule has 1 aromatic rings. The molecule has 1 aliphatic rings. The second-order valence-electron chi connectivity index (χ2n) is 3.77. The van der Waals surface area contributed by atoms with E-state index >= 15 is 0 Å². The van der Waals surface area contributed by atoms with Crippen LogP contribution in [0.1, 0.15) is 24.3 Å². The van der Waals surface area contributed by atoms with Crippen LogP contribution in [-0.4, -0.2) is 10.9 Å². The lowest BCUT2D eigenvalue weighted by Crippen LogP contribution is -2.15. The summed E-state index contributed by atoms with van der Waals surface area (Å²) in [5.41, 5.74) is 1.22. The summed E-state index contributed by atoms with van der Waals surface area (Å²) in [6.07, 6.45) is 1.17. The predicted molar refractivity (Wildman–Crippen MR) is 74.8 cm³/mol. The summed E-state index contributed by atoms with van der Waals surface area (Å²) in [6, 6.07) is 7.31. The fourth-order valence-corrected chi connectivity index (χ4v) is 2.49. The highest BCUT2D eigenvalue weighted by molar-refractivity contribution is 6.65. The van der Waals surface area contributed by atoms with Crippen molar-refractivity contribution < 1.29 is 0 Å². The molecule has 1 heterocycles. The second kappa shape index (κ2) is 5.71. The Labute approximate surface area is 120 Å². The van der Waals surface area contributed by atoms with E-state index in [0.29, 0.717) is 39.3 Å². The Morgan fingerprint density at radius 2 is 1.78 bits per heavy atom. The molecule has 0 spiro atoms. The topological polar surface area (TPSA) is 48.5 Å². The molecule has 0 aromatic heterocycles. The van der Waals surface area contributed by atoms with Gasteiger partial charge in [0.2, 0.25) is 0 Å². The fourth-order valence-electron chi connectivity index (χ4n) is 1.74. The van der Waals surface area contributed by atoms with Gasteiger partial charge in [0.25, 0.3) is 0 Å². The molecule has 6 heteroatoms. The van der Waals surface area contributed by atoms with Gasteiger partial charge < -0.3 is 0 Å². The average molecular weight is 301 g/mol. The van der Waals surface area contributed by atoms with E-state index in [1.165, 1.54) is 0 Å². The Hall–Kier alpha value is -1.08. The molecule has 0 amide bonds. The van der Waals surface area contributed by atoms with Crippen molar-refractivity contribution in [2.24, 2.45) is 10.2 Å². The van der Waals surface area contributed by atoms with Gasteiger partial charge in [-0.15, -0.1) is 5.10 Å². The van der Waals surface area contributed by atoms with Crippen LogP contribution in [-0.2, 0) is 0 Å². The van der Waals surface area contributed by atoms with Gasteiger partial charge in [0.1, 0.15) is 11.1 Å². The largest absolute Gasteiger partial charge is 0.197 e. The first kappa shape index (κ1) is 13.4. The van der Waals surface area contributed by atoms with E-state index in [0.717, 1.165) is 0 Å². The van der Waals surface area contributed by atoms with Gasteiger partial charge >= 0.3 is 0 Å². The number of nitriles is 1. The molecule has 0 radical (unpaired) electrons. The normalized spacial score (nSPS) is 16.6. The third kappa shape index (κ3) is 2.67. The summed E-state index contributed by atoms with van der Waals surface area (Å²) in [4.78, 5) is 0. The molecule has 0 N–H and O–H groups in total. The smallest absolute Gasteiger partial charge is 0.129 e. The molecule has 0 saturated carbocycles. The molecular formula is C12H8Cl3N3. The number of halogens is 3. The molecule has 3 nitrogen and oxygen atoms in total. The molecule has 1 aromatic carbocycles. The van der Waals surface area contributed by atoms with Gasteiger partial charge in [-0.1, -0.05) is 40.9 Å². The zero-order valence-corrected chi connectivity index (χ0v) is 11.5. The lowest BCUT2D eigenvalue weighted by Gasteiger charge is -2.16. The van der Waals surface area contributed by atoms with Crippen LogP contribution in [0.3, 0.4) is 0 Å². The number of hydrogen-bond donors (Lipinski definition) is 0. The molecule has 1 aliphatic heterocycles. The Morgan fingerprint density at radius 3 is 2.28 bits per heavy atom. The molecule has 0 fully saturated rings. The average Bonchev–Trinajstić information content (AvgIpc) is 2.35. The van der Waals surface area contributed by atoms with E-state index in [-0.39, 0.29) is 0 Å². The summed E-state index contributed by atoms with van der Waals surface area (Å²) in [5.74, 6) is -0.584. The Balaban J connectivity index is 2.45. The summed E-state index contributed by atoms with van der Waals surface area (Å²) in [5, 5.41) is 18.4. The van der Waals surface area contributed by atoms with Crippen molar-refractivity contribution in [1.82, 2.24) is 0 Å². The zero-order chi connectivity index (χ0) is 13.1. The number of benzene rings is 1. The lowest BCUT2D eigenvalue weighted by molar-refractivity contribution is 0.978. The number of nitrogens with zero attached hydrogens (tertiary/aromatic N) is 3. The Morgan fingerprint density at radius 1 is 1.11 bits per heavy atom. The van der Waals surface area contributed by atoms with Gasteiger partial charge in [-0.2, -0.15) is 10.4 Å². The molecule has 0 aliphatic carbocycles. The van der Waals surface area contributed by atoms with Crippen LogP contribution in [0.2, 0.25) is 10.0 Å². The van der Waals surface area contributed by atoms with Crippen LogP contribution in [0.4, 0.5) is 0 Å². The van der Waals surface area contributed by atoms with Crippen LogP contribution < -0.4 is 0 Å². The SMILES string of the molecule is N#CC(C1=NN=C(Cl)CC1)c1c(Cl)cccc1Cl. The monoisotopic (exact) mass is 299 g/mol. The fraction of sp³-hybridized carbons (Fsp3) is 0.250. The molecule has 0 saturated heterocycles. The lowest BCUT2D eigenvalue weighted by atomic mass is 9.92. The van der Waals surface area contributed by atoms with Gasteiger partial charge in [-0.25, -0.2) is 0 Å². The highest BCUT2D eigenvalue weighted by atomic mass is 35.5. The van der Waals surface area contributed by atoms with Crippen LogP contribution in [0.25, 0.3) is 0 Å². The van der Waals surface area contributed by atoms with Gasteiger partial charge in [-0.3, -0.25) is 0 Å².